The van der Waals surface area contributed by atoms with Gasteiger partial charge in [0.2, 0.25) is 0 Å². The minimum Gasteiger partial charge on any atom is -0.269 e. The van der Waals surface area contributed by atoms with Crippen LogP contribution in [0, 0.1) is 118 Å². The van der Waals surface area contributed by atoms with Crippen LogP contribution in [0.1, 0.15) is 223 Å². The van der Waals surface area contributed by atoms with E-state index in [2.05, 4.69) is 157 Å². The molecule has 0 radical (unpaired) electrons. The van der Waals surface area contributed by atoms with Crippen molar-refractivity contribution in [3.05, 3.63) is 149 Å². The number of thiol groups is 5. The molecule has 0 atom stereocenters. The van der Waals surface area contributed by atoms with E-state index in [0.717, 1.165) is 81.9 Å². The highest BCUT2D eigenvalue weighted by Crippen LogP contribution is 2.34. The first kappa shape index (κ1) is 83.3. The molecule has 0 heterocycles. The molecule has 5 aromatic carbocycles. The van der Waals surface area contributed by atoms with Crippen LogP contribution in [0.2, 0.25) is 0 Å². The maximum Gasteiger partial charge on any atom is 0.0246 e. The van der Waals surface area contributed by atoms with Crippen molar-refractivity contribution in [3.63, 3.8) is 0 Å². The average Bonchev–Trinajstić information content (AvgIpc) is 3.65. The first-order valence-electron chi connectivity index (χ1n) is 32.9. The molecule has 5 aromatic rings. The maximum atomic E-state index is 4.27. The highest BCUT2D eigenvalue weighted by Gasteiger charge is 2.22. The minimum atomic E-state index is 0. The van der Waals surface area contributed by atoms with Crippen molar-refractivity contribution in [1.29, 1.82) is 0 Å². The summed E-state index contributed by atoms with van der Waals surface area (Å²) in [6, 6.07) is 40.5. The lowest BCUT2D eigenvalue weighted by Crippen LogP contribution is -2.12. The zero-order valence-electron chi connectivity index (χ0n) is 54.3. The third-order valence-electron chi connectivity index (χ3n) is 18.6. The molecule has 490 valence electrons. The summed E-state index contributed by atoms with van der Waals surface area (Å²) in [6.07, 6.45) is 33.2. The van der Waals surface area contributed by atoms with Gasteiger partial charge in [0.15, 0.2) is 0 Å². The molecule has 0 unspecified atom stereocenters. The van der Waals surface area contributed by atoms with Crippen LogP contribution < -0.4 is 0 Å². The highest BCUT2D eigenvalue weighted by molar-refractivity contribution is 7.81. The van der Waals surface area contributed by atoms with Crippen LogP contribution in [0.3, 0.4) is 0 Å². The third kappa shape index (κ3) is 33.2. The SMILES string of the molecule is CCC1CCC(C#Cc2ccc(S)cc2)CC1.CCC1CCC(C#Cc2ccc(S)cc2)CC1.CCC1CCC(C#Cc2ccc(S)cc2)CC1.CCC1CCC(C#Cc2ccc(S)cc2)CC1.CCC1CCC(C#Cc2ccc(S)cc2)CC1.F.F.F.F.F. The van der Waals surface area contributed by atoms with Gasteiger partial charge in [-0.3, -0.25) is 23.5 Å². The van der Waals surface area contributed by atoms with Crippen molar-refractivity contribution in [1.82, 2.24) is 0 Å². The predicted octanol–water partition coefficient (Wildman–Crippen LogP) is 23.5. The van der Waals surface area contributed by atoms with Gasteiger partial charge < -0.3 is 0 Å². The quantitative estimate of drug-likeness (QED) is 0.0647. The van der Waals surface area contributed by atoms with E-state index in [-0.39, 0.29) is 23.5 Å². The monoisotopic (exact) mass is 1320 g/mol. The lowest BCUT2D eigenvalue weighted by molar-refractivity contribution is 0.309. The van der Waals surface area contributed by atoms with Gasteiger partial charge in [0.25, 0.3) is 0 Å². The molecule has 0 amide bonds. The number of halogens is 5. The highest BCUT2D eigenvalue weighted by atomic mass is 32.1. The summed E-state index contributed by atoms with van der Waals surface area (Å²) in [5.74, 6) is 41.5. The van der Waals surface area contributed by atoms with Crippen molar-refractivity contribution >= 4 is 63.1 Å². The van der Waals surface area contributed by atoms with E-state index in [1.807, 2.05) is 121 Å². The first-order chi connectivity index (χ1) is 41.4. The van der Waals surface area contributed by atoms with Crippen molar-refractivity contribution in [2.24, 2.45) is 59.2 Å². The van der Waals surface area contributed by atoms with Crippen LogP contribution in [-0.2, 0) is 0 Å². The fraction of sp³-hybridized carbons (Fsp3) is 0.500. The van der Waals surface area contributed by atoms with Crippen LogP contribution in [0.25, 0.3) is 0 Å². The van der Waals surface area contributed by atoms with Crippen LogP contribution >= 0.6 is 63.1 Å². The maximum absolute atomic E-state index is 4.27. The summed E-state index contributed by atoms with van der Waals surface area (Å²) in [5, 5.41) is 0. The predicted molar refractivity (Wildman–Crippen MR) is 394 cm³/mol. The van der Waals surface area contributed by atoms with Gasteiger partial charge in [0, 0.05) is 81.9 Å². The lowest BCUT2D eigenvalue weighted by atomic mass is 9.81. The van der Waals surface area contributed by atoms with E-state index in [4.69, 9.17) is 0 Å². The van der Waals surface area contributed by atoms with Crippen molar-refractivity contribution in [2.75, 3.05) is 0 Å². The van der Waals surface area contributed by atoms with E-state index in [1.165, 1.54) is 161 Å². The molecule has 5 saturated carbocycles. The van der Waals surface area contributed by atoms with Crippen LogP contribution in [-0.4, -0.2) is 0 Å². The zero-order chi connectivity index (χ0) is 60.4. The van der Waals surface area contributed by atoms with E-state index in [1.54, 1.807) is 0 Å². The van der Waals surface area contributed by atoms with Gasteiger partial charge in [-0.2, -0.15) is 0 Å². The molecule has 0 bridgehead atoms. The summed E-state index contributed by atoms with van der Waals surface area (Å²) in [4.78, 5) is 5.00. The topological polar surface area (TPSA) is 0 Å². The molecule has 0 N–H and O–H groups in total. The fourth-order valence-corrected chi connectivity index (χ4v) is 13.0. The number of benzene rings is 5. The summed E-state index contributed by atoms with van der Waals surface area (Å²) >= 11 is 21.4. The average molecular weight is 1320 g/mol. The molecule has 90 heavy (non-hydrogen) atoms. The molecular formula is C80H105F5S5. The van der Waals surface area contributed by atoms with Crippen LogP contribution in [0.4, 0.5) is 23.5 Å². The van der Waals surface area contributed by atoms with Gasteiger partial charge in [-0.25, -0.2) is 0 Å². The van der Waals surface area contributed by atoms with E-state index >= 15 is 0 Å². The Morgan fingerprint density at radius 1 is 0.222 bits per heavy atom. The number of hydrogen-bond acceptors (Lipinski definition) is 5. The van der Waals surface area contributed by atoms with E-state index in [0.29, 0.717) is 29.6 Å². The Kier molecular flexibility index (Phi) is 44.5. The Morgan fingerprint density at radius 3 is 0.456 bits per heavy atom. The van der Waals surface area contributed by atoms with Crippen molar-refractivity contribution in [2.45, 2.75) is 220 Å². The number of hydrogen-bond donors (Lipinski definition) is 5. The Morgan fingerprint density at radius 2 is 0.344 bits per heavy atom. The zero-order valence-corrected chi connectivity index (χ0v) is 58.7. The molecule has 5 fully saturated rings. The van der Waals surface area contributed by atoms with E-state index < -0.39 is 0 Å². The summed E-state index contributed by atoms with van der Waals surface area (Å²) in [6.45, 7) is 11.5. The van der Waals surface area contributed by atoms with Gasteiger partial charge in [-0.1, -0.05) is 126 Å². The molecule has 0 saturated heterocycles. The lowest BCUT2D eigenvalue weighted by Gasteiger charge is -2.24. The first-order valence-corrected chi connectivity index (χ1v) is 35.1. The largest absolute Gasteiger partial charge is 0.269 e. The Hall–Kier alpha value is -4.70. The smallest absolute Gasteiger partial charge is 0.0246 e. The fourth-order valence-electron chi connectivity index (χ4n) is 12.2. The summed E-state index contributed by atoms with van der Waals surface area (Å²) in [5.41, 5.74) is 5.56. The molecule has 0 aliphatic heterocycles. The van der Waals surface area contributed by atoms with Crippen LogP contribution in [0.15, 0.2) is 146 Å². The standard InChI is InChI=1S/5C16H20S.5FH/c5*1-2-13-3-5-14(6-4-13)7-8-15-9-11-16(17)12-10-15;;;;;/h5*9-14,17H,2-6H2,1H3;5*1H. The molecule has 0 spiro atoms. The van der Waals surface area contributed by atoms with Gasteiger partial charge >= 0.3 is 0 Å². The van der Waals surface area contributed by atoms with Gasteiger partial charge in [0.1, 0.15) is 0 Å². The molecule has 10 heteroatoms. The molecule has 0 aromatic heterocycles. The molecular weight excluding hydrogens is 1220 g/mol. The molecule has 5 aliphatic rings. The second-order valence-corrected chi connectivity index (χ2v) is 27.3. The van der Waals surface area contributed by atoms with Gasteiger partial charge in [-0.05, 0) is 279 Å². The molecule has 10 rings (SSSR count). The number of rotatable bonds is 5. The van der Waals surface area contributed by atoms with Crippen LogP contribution in [0.5, 0.6) is 0 Å². The second kappa shape index (κ2) is 48.1. The van der Waals surface area contributed by atoms with Gasteiger partial charge in [-0.15, -0.1) is 63.1 Å². The van der Waals surface area contributed by atoms with Crippen molar-refractivity contribution < 1.29 is 23.5 Å². The van der Waals surface area contributed by atoms with Gasteiger partial charge in [0.05, 0.1) is 0 Å². The Bertz CT molecular complexity index is 2510. The molecule has 5 aliphatic carbocycles. The summed E-state index contributed by atoms with van der Waals surface area (Å²) < 4.78 is 0. The Labute approximate surface area is 569 Å². The van der Waals surface area contributed by atoms with Crippen molar-refractivity contribution in [3.8, 4) is 59.2 Å². The summed E-state index contributed by atoms with van der Waals surface area (Å²) in [7, 11) is 0. The third-order valence-corrected chi connectivity index (χ3v) is 20.1. The Balaban J connectivity index is 0.000000555. The second-order valence-electron chi connectivity index (χ2n) is 24.7. The van der Waals surface area contributed by atoms with E-state index in [9.17, 15) is 0 Å². The molecule has 0 nitrogen and oxygen atoms in total. The normalized spacial score (nSPS) is 22.6. The minimum absolute atomic E-state index is 0.